The third kappa shape index (κ3) is 4.50. The largest absolute Gasteiger partial charge is 0.0955 e. The van der Waals surface area contributed by atoms with Gasteiger partial charge in [-0.2, -0.15) is 0 Å². The van der Waals surface area contributed by atoms with Crippen LogP contribution in [0.25, 0.3) is 22.3 Å². The van der Waals surface area contributed by atoms with Crippen LogP contribution in [0.15, 0.2) is 74.8 Å². The van der Waals surface area contributed by atoms with Crippen molar-refractivity contribution in [3.8, 4) is 0 Å². The van der Waals surface area contributed by atoms with E-state index >= 15 is 0 Å². The summed E-state index contributed by atoms with van der Waals surface area (Å²) in [5.41, 5.74) is 17.6. The highest BCUT2D eigenvalue weighted by Gasteiger charge is 2.24. The van der Waals surface area contributed by atoms with Crippen LogP contribution in [0.3, 0.4) is 0 Å². The van der Waals surface area contributed by atoms with Crippen LogP contribution in [0, 0.1) is 13.8 Å². The van der Waals surface area contributed by atoms with E-state index in [1.165, 1.54) is 66.8 Å². The second-order valence-corrected chi connectivity index (χ2v) is 9.92. The van der Waals surface area contributed by atoms with Crippen LogP contribution >= 0.6 is 0 Å². The topological polar surface area (TPSA) is 0 Å². The average Bonchev–Trinajstić information content (AvgIpc) is 3.08. The van der Waals surface area contributed by atoms with Gasteiger partial charge in [-0.25, -0.2) is 0 Å². The van der Waals surface area contributed by atoms with E-state index in [0.29, 0.717) is 0 Å². The van der Waals surface area contributed by atoms with E-state index in [1.807, 2.05) is 0 Å². The van der Waals surface area contributed by atoms with Gasteiger partial charge in [-0.1, -0.05) is 92.9 Å². The molecule has 0 aliphatic heterocycles. The van der Waals surface area contributed by atoms with Crippen LogP contribution in [0.4, 0.5) is 0 Å². The molecule has 3 aromatic rings. The molecule has 1 aliphatic carbocycles. The molecule has 172 valence electrons. The molecule has 3 aromatic carbocycles. The Hall–Kier alpha value is -3.38. The number of fused-ring (bicyclic) bond motifs is 1. The summed E-state index contributed by atoms with van der Waals surface area (Å²) in [4.78, 5) is 0. The van der Waals surface area contributed by atoms with Crippen molar-refractivity contribution in [1.82, 2.24) is 0 Å². The van der Waals surface area contributed by atoms with Crippen molar-refractivity contribution in [2.45, 2.75) is 53.4 Å². The maximum Gasteiger partial charge on any atom is -0.00170 e. The molecular weight excluding hydrogens is 408 g/mol. The Labute approximate surface area is 206 Å². The summed E-state index contributed by atoms with van der Waals surface area (Å²) in [6.07, 6.45) is 3.57. The highest BCUT2D eigenvalue weighted by molar-refractivity contribution is 5.96. The fourth-order valence-electron chi connectivity index (χ4n) is 5.35. The lowest BCUT2D eigenvalue weighted by atomic mass is 9.86. The Bertz CT molecular complexity index is 1340. The van der Waals surface area contributed by atoms with Crippen molar-refractivity contribution < 1.29 is 0 Å². The SMILES string of the molecule is C=C(C)c1ccc(CC(=C)c2c(CC)ccc3c2C(=C)CC3=C)cc1Cc1ccc(C)cc1C. The minimum absolute atomic E-state index is 0.819. The minimum atomic E-state index is 0.819. The van der Waals surface area contributed by atoms with Gasteiger partial charge >= 0.3 is 0 Å². The quantitative estimate of drug-likeness (QED) is 0.341. The monoisotopic (exact) mass is 444 g/mol. The third-order valence-corrected chi connectivity index (χ3v) is 7.11. The summed E-state index contributed by atoms with van der Waals surface area (Å²) >= 11 is 0. The Morgan fingerprint density at radius 2 is 1.59 bits per heavy atom. The van der Waals surface area contributed by atoms with Crippen molar-refractivity contribution in [3.05, 3.63) is 130 Å². The third-order valence-electron chi connectivity index (χ3n) is 7.11. The summed E-state index contributed by atoms with van der Waals surface area (Å²) in [5.74, 6) is 0. The number of aryl methyl sites for hydroxylation is 3. The average molecular weight is 445 g/mol. The Balaban J connectivity index is 1.71. The highest BCUT2D eigenvalue weighted by Crippen LogP contribution is 2.44. The van der Waals surface area contributed by atoms with Gasteiger partial charge in [-0.3, -0.25) is 0 Å². The van der Waals surface area contributed by atoms with Crippen molar-refractivity contribution in [2.24, 2.45) is 0 Å². The van der Waals surface area contributed by atoms with Crippen molar-refractivity contribution >= 4 is 22.3 Å². The van der Waals surface area contributed by atoms with Crippen molar-refractivity contribution in [2.75, 3.05) is 0 Å². The zero-order valence-electron chi connectivity index (χ0n) is 21.3. The van der Waals surface area contributed by atoms with Crippen molar-refractivity contribution in [1.29, 1.82) is 0 Å². The molecule has 0 unspecified atom stereocenters. The molecule has 0 saturated carbocycles. The molecule has 0 fully saturated rings. The lowest BCUT2D eigenvalue weighted by Crippen LogP contribution is -2.02. The maximum atomic E-state index is 4.57. The maximum absolute atomic E-state index is 4.57. The molecule has 0 amide bonds. The summed E-state index contributed by atoms with van der Waals surface area (Å²) in [5, 5.41) is 0. The molecule has 0 radical (unpaired) electrons. The van der Waals surface area contributed by atoms with E-state index in [2.05, 4.69) is 103 Å². The fraction of sp³-hybridized carbons (Fsp3) is 0.235. The van der Waals surface area contributed by atoms with Crippen LogP contribution in [0.1, 0.15) is 75.9 Å². The van der Waals surface area contributed by atoms with E-state index in [0.717, 1.165) is 36.8 Å². The van der Waals surface area contributed by atoms with Crippen LogP contribution < -0.4 is 0 Å². The molecule has 0 atom stereocenters. The van der Waals surface area contributed by atoms with Gasteiger partial charge in [0.25, 0.3) is 0 Å². The fourth-order valence-corrected chi connectivity index (χ4v) is 5.35. The van der Waals surface area contributed by atoms with Gasteiger partial charge in [0.05, 0.1) is 0 Å². The molecule has 0 saturated heterocycles. The normalized spacial score (nSPS) is 12.7. The molecule has 0 bridgehead atoms. The number of hydrogen-bond acceptors (Lipinski definition) is 0. The van der Waals surface area contributed by atoms with E-state index in [1.54, 1.807) is 0 Å². The molecule has 34 heavy (non-hydrogen) atoms. The van der Waals surface area contributed by atoms with Gasteiger partial charge in [0, 0.05) is 0 Å². The predicted molar refractivity (Wildman–Crippen MR) is 151 cm³/mol. The Morgan fingerprint density at radius 3 is 2.26 bits per heavy atom. The van der Waals surface area contributed by atoms with Gasteiger partial charge in [-0.15, -0.1) is 0 Å². The summed E-state index contributed by atoms with van der Waals surface area (Å²) in [6, 6.07) is 18.0. The number of benzene rings is 3. The first-order chi connectivity index (χ1) is 16.2. The zero-order chi connectivity index (χ0) is 24.6. The predicted octanol–water partition coefficient (Wildman–Crippen LogP) is 9.18. The first kappa shape index (κ1) is 23.8. The molecule has 0 aromatic heterocycles. The molecule has 0 nitrogen and oxygen atoms in total. The molecule has 4 rings (SSSR count). The molecular formula is C34H36. The first-order valence-corrected chi connectivity index (χ1v) is 12.2. The van der Waals surface area contributed by atoms with Gasteiger partial charge in [-0.05, 0) is 113 Å². The van der Waals surface area contributed by atoms with E-state index < -0.39 is 0 Å². The van der Waals surface area contributed by atoms with Crippen LogP contribution in [-0.2, 0) is 19.3 Å². The number of allylic oxidation sites excluding steroid dienone is 4. The second kappa shape index (κ2) is 9.47. The Kier molecular flexibility index (Phi) is 6.62. The zero-order valence-corrected chi connectivity index (χ0v) is 21.3. The molecule has 1 aliphatic rings. The summed E-state index contributed by atoms with van der Waals surface area (Å²) in [6.45, 7) is 26.1. The number of hydrogen-bond donors (Lipinski definition) is 0. The van der Waals surface area contributed by atoms with Gasteiger partial charge in [0.1, 0.15) is 0 Å². The smallest absolute Gasteiger partial charge is 0.00170 e. The molecule has 0 heterocycles. The van der Waals surface area contributed by atoms with Crippen LogP contribution in [-0.4, -0.2) is 0 Å². The molecule has 0 spiro atoms. The van der Waals surface area contributed by atoms with Crippen LogP contribution in [0.2, 0.25) is 0 Å². The van der Waals surface area contributed by atoms with Crippen LogP contribution in [0.5, 0.6) is 0 Å². The second-order valence-electron chi connectivity index (χ2n) is 9.92. The highest BCUT2D eigenvalue weighted by atomic mass is 14.3. The number of rotatable bonds is 7. The lowest BCUT2D eigenvalue weighted by Gasteiger charge is -2.18. The van der Waals surface area contributed by atoms with Crippen molar-refractivity contribution in [3.63, 3.8) is 0 Å². The van der Waals surface area contributed by atoms with E-state index in [-0.39, 0.29) is 0 Å². The van der Waals surface area contributed by atoms with E-state index in [9.17, 15) is 0 Å². The molecule has 0 N–H and O–H groups in total. The summed E-state index contributed by atoms with van der Waals surface area (Å²) in [7, 11) is 0. The molecule has 0 heteroatoms. The minimum Gasteiger partial charge on any atom is -0.0955 e. The standard InChI is InChI=1S/C34H36/c1-9-28-13-15-32-24(6)17-25(7)34(32)33(28)26(8)18-27-11-14-31(21(2)3)30(19-27)20-29-12-10-22(4)16-23(29)5/h10-16,19H,2,6-9,17-18,20H2,1,3-5H3. The van der Waals surface area contributed by atoms with E-state index in [4.69, 9.17) is 0 Å². The first-order valence-electron chi connectivity index (χ1n) is 12.2. The van der Waals surface area contributed by atoms with Gasteiger partial charge in [0.2, 0.25) is 0 Å². The van der Waals surface area contributed by atoms with Gasteiger partial charge < -0.3 is 0 Å². The lowest BCUT2D eigenvalue weighted by molar-refractivity contribution is 1.11. The summed E-state index contributed by atoms with van der Waals surface area (Å²) < 4.78 is 0. The Morgan fingerprint density at radius 1 is 0.853 bits per heavy atom. The van der Waals surface area contributed by atoms with Gasteiger partial charge in [0.15, 0.2) is 0 Å².